The Hall–Kier alpha value is -3.61. The van der Waals surface area contributed by atoms with Crippen molar-refractivity contribution in [3.63, 3.8) is 0 Å². The average Bonchev–Trinajstić information content (AvgIpc) is 3.40. The van der Waals surface area contributed by atoms with Gasteiger partial charge in [0.15, 0.2) is 5.82 Å². The van der Waals surface area contributed by atoms with E-state index >= 15 is 0 Å². The van der Waals surface area contributed by atoms with Crippen molar-refractivity contribution in [3.8, 4) is 33.8 Å². The summed E-state index contributed by atoms with van der Waals surface area (Å²) < 4.78 is 8.84. The summed E-state index contributed by atoms with van der Waals surface area (Å²) in [6.07, 6.45) is -0.266. The second-order valence-electron chi connectivity index (χ2n) is 7.56. The summed E-state index contributed by atoms with van der Waals surface area (Å²) >= 11 is 11.5. The number of benzene rings is 3. The Morgan fingerprint density at radius 3 is 2.19 bits per heavy atom. The highest BCUT2D eigenvalue weighted by Crippen LogP contribution is 2.49. The number of H-pyrrole nitrogens is 1. The van der Waals surface area contributed by atoms with E-state index in [9.17, 15) is 0 Å². The number of nitrogens with one attached hydrogen (secondary N) is 2. The number of anilines is 1. The second kappa shape index (κ2) is 7.51. The third kappa shape index (κ3) is 3.07. The Bertz CT molecular complexity index is 1470. The first kappa shape index (κ1) is 19.1. The van der Waals surface area contributed by atoms with Crippen LogP contribution in [-0.2, 0) is 0 Å². The molecule has 0 unspecified atom stereocenters. The van der Waals surface area contributed by atoms with E-state index in [4.69, 9.17) is 28.2 Å². The topological polar surface area (TPSA) is 58.8 Å². The summed E-state index contributed by atoms with van der Waals surface area (Å²) in [5.74, 6) is 2.17. The highest BCUT2D eigenvalue weighted by Gasteiger charge is 2.34. The minimum absolute atomic E-state index is 0.266. The van der Waals surface area contributed by atoms with Crippen LogP contribution in [0.15, 0.2) is 89.3 Å². The molecule has 3 heterocycles. The van der Waals surface area contributed by atoms with Gasteiger partial charge in [-0.1, -0.05) is 84.4 Å². The maximum Gasteiger partial charge on any atom is 0.213 e. The third-order valence-electron chi connectivity index (χ3n) is 5.59. The summed E-state index contributed by atoms with van der Waals surface area (Å²) in [5.41, 5.74) is 4.90. The zero-order chi connectivity index (χ0) is 21.7. The number of rotatable bonds is 3. The highest BCUT2D eigenvalue weighted by molar-refractivity contribution is 7.71. The van der Waals surface area contributed by atoms with E-state index in [2.05, 4.69) is 27.5 Å². The molecule has 32 heavy (non-hydrogen) atoms. The van der Waals surface area contributed by atoms with Crippen LogP contribution in [0.5, 0.6) is 0 Å². The normalized spacial score (nSPS) is 14.5. The maximum absolute atomic E-state index is 6.48. The lowest BCUT2D eigenvalue weighted by atomic mass is 9.96. The molecule has 0 fully saturated rings. The number of nitrogens with zero attached hydrogens (tertiary/aromatic N) is 2. The van der Waals surface area contributed by atoms with Gasteiger partial charge in [0.2, 0.25) is 10.7 Å². The fourth-order valence-electron chi connectivity index (χ4n) is 4.18. The molecule has 0 bridgehead atoms. The van der Waals surface area contributed by atoms with Crippen molar-refractivity contribution in [2.24, 2.45) is 0 Å². The summed E-state index contributed by atoms with van der Waals surface area (Å²) in [4.78, 5) is 4.68. The van der Waals surface area contributed by atoms with Gasteiger partial charge in [0.25, 0.3) is 0 Å². The van der Waals surface area contributed by atoms with E-state index in [0.29, 0.717) is 15.7 Å². The molecule has 2 aromatic heterocycles. The lowest BCUT2D eigenvalue weighted by Crippen LogP contribution is -2.25. The molecule has 0 saturated carbocycles. The van der Waals surface area contributed by atoms with Gasteiger partial charge in [-0.15, -0.1) is 0 Å². The Labute approximate surface area is 194 Å². The standard InChI is InChI=1S/C25H17ClN4OS/c26-18-13-11-17(12-14-18)22-27-24-20(23-28-25(32)29-30(22)23)19(15-7-3-1-4-8-15)21(31-24)16-9-5-2-6-10-16/h1-14,22,27H,(H,29,32)/t22-/m0/s1. The first-order valence-electron chi connectivity index (χ1n) is 10.2. The third-order valence-corrected chi connectivity index (χ3v) is 6.03. The Kier molecular flexibility index (Phi) is 4.48. The lowest BCUT2D eigenvalue weighted by molar-refractivity contribution is 0.524. The number of hydrogen-bond donors (Lipinski definition) is 2. The monoisotopic (exact) mass is 456 g/mol. The number of fused-ring (bicyclic) bond motifs is 3. The molecule has 156 valence electrons. The maximum atomic E-state index is 6.48. The first-order valence-corrected chi connectivity index (χ1v) is 11.0. The van der Waals surface area contributed by atoms with Gasteiger partial charge >= 0.3 is 0 Å². The lowest BCUT2D eigenvalue weighted by Gasteiger charge is -2.26. The van der Waals surface area contributed by atoms with Crippen molar-refractivity contribution < 1.29 is 4.42 Å². The van der Waals surface area contributed by atoms with Gasteiger partial charge < -0.3 is 9.73 Å². The molecule has 0 aliphatic carbocycles. The fourth-order valence-corrected chi connectivity index (χ4v) is 4.49. The van der Waals surface area contributed by atoms with Crippen LogP contribution in [0.25, 0.3) is 33.8 Å². The summed E-state index contributed by atoms with van der Waals surface area (Å²) in [5, 5.41) is 7.43. The summed E-state index contributed by atoms with van der Waals surface area (Å²) in [6, 6.07) is 28.0. The molecule has 2 N–H and O–H groups in total. The second-order valence-corrected chi connectivity index (χ2v) is 8.39. The van der Waals surface area contributed by atoms with Crippen LogP contribution in [0.1, 0.15) is 11.7 Å². The SMILES string of the molecule is S=c1nc2n([nH]1)[C@@H](c1ccc(Cl)cc1)Nc1oc(-c3ccccc3)c(-c3ccccc3)c1-2. The molecule has 6 rings (SSSR count). The number of hydrogen-bond acceptors (Lipinski definition) is 4. The van der Waals surface area contributed by atoms with Gasteiger partial charge in [0.1, 0.15) is 11.9 Å². The molecule has 1 aliphatic rings. The van der Waals surface area contributed by atoms with E-state index < -0.39 is 0 Å². The average molecular weight is 457 g/mol. The van der Waals surface area contributed by atoms with Crippen molar-refractivity contribution in [1.29, 1.82) is 0 Å². The van der Waals surface area contributed by atoms with Crippen molar-refractivity contribution in [1.82, 2.24) is 14.8 Å². The number of aromatic amines is 1. The van der Waals surface area contributed by atoms with Crippen LogP contribution < -0.4 is 5.32 Å². The van der Waals surface area contributed by atoms with Crippen LogP contribution in [0.3, 0.4) is 0 Å². The van der Waals surface area contributed by atoms with Crippen LogP contribution in [-0.4, -0.2) is 14.8 Å². The molecule has 0 spiro atoms. The van der Waals surface area contributed by atoms with Crippen molar-refractivity contribution in [2.45, 2.75) is 6.17 Å². The van der Waals surface area contributed by atoms with Crippen LogP contribution in [0.2, 0.25) is 5.02 Å². The molecule has 3 aromatic carbocycles. The van der Waals surface area contributed by atoms with E-state index in [-0.39, 0.29) is 6.17 Å². The van der Waals surface area contributed by atoms with Gasteiger partial charge in [0, 0.05) is 16.1 Å². The Morgan fingerprint density at radius 1 is 0.844 bits per heavy atom. The molecule has 5 nitrogen and oxygen atoms in total. The molecule has 7 heteroatoms. The molecule has 1 atom stereocenters. The zero-order valence-electron chi connectivity index (χ0n) is 16.7. The molecular weight excluding hydrogens is 440 g/mol. The summed E-state index contributed by atoms with van der Waals surface area (Å²) in [7, 11) is 0. The van der Waals surface area contributed by atoms with E-state index in [1.165, 1.54) is 0 Å². The van der Waals surface area contributed by atoms with Crippen LogP contribution in [0.4, 0.5) is 5.88 Å². The predicted octanol–water partition coefficient (Wildman–Crippen LogP) is 7.16. The van der Waals surface area contributed by atoms with Gasteiger partial charge in [0.05, 0.1) is 5.56 Å². The highest BCUT2D eigenvalue weighted by atomic mass is 35.5. The molecule has 0 amide bonds. The molecule has 5 aromatic rings. The first-order chi connectivity index (χ1) is 15.7. The van der Waals surface area contributed by atoms with Gasteiger partial charge in [-0.05, 0) is 35.5 Å². The van der Waals surface area contributed by atoms with E-state index in [1.807, 2.05) is 77.5 Å². The number of halogens is 1. The Balaban J connectivity index is 1.62. The molecular formula is C25H17ClN4OS. The van der Waals surface area contributed by atoms with Gasteiger partial charge in [-0.25, -0.2) is 4.68 Å². The van der Waals surface area contributed by atoms with E-state index in [0.717, 1.165) is 39.4 Å². The fraction of sp³-hybridized carbons (Fsp3) is 0.0400. The molecule has 0 saturated heterocycles. The smallest absolute Gasteiger partial charge is 0.213 e. The minimum atomic E-state index is -0.266. The minimum Gasteiger partial charge on any atom is -0.439 e. The summed E-state index contributed by atoms with van der Waals surface area (Å²) in [6.45, 7) is 0. The Morgan fingerprint density at radius 2 is 1.50 bits per heavy atom. The van der Waals surface area contributed by atoms with Crippen LogP contribution >= 0.6 is 23.8 Å². The van der Waals surface area contributed by atoms with Gasteiger partial charge in [-0.3, -0.25) is 5.10 Å². The zero-order valence-corrected chi connectivity index (χ0v) is 18.3. The molecule has 0 radical (unpaired) electrons. The van der Waals surface area contributed by atoms with Crippen molar-refractivity contribution in [3.05, 3.63) is 100 Å². The quantitative estimate of drug-likeness (QED) is 0.283. The van der Waals surface area contributed by atoms with Crippen molar-refractivity contribution >= 4 is 29.7 Å². The largest absolute Gasteiger partial charge is 0.439 e. The van der Waals surface area contributed by atoms with Crippen molar-refractivity contribution in [2.75, 3.05) is 5.32 Å². The van der Waals surface area contributed by atoms with Crippen LogP contribution in [0, 0.1) is 4.77 Å². The number of aromatic nitrogens is 3. The molecule has 1 aliphatic heterocycles. The van der Waals surface area contributed by atoms with Gasteiger partial charge in [-0.2, -0.15) is 4.98 Å². The number of furan rings is 1. The predicted molar refractivity (Wildman–Crippen MR) is 129 cm³/mol. The van der Waals surface area contributed by atoms with E-state index in [1.54, 1.807) is 0 Å².